The van der Waals surface area contributed by atoms with Gasteiger partial charge in [0, 0.05) is 46.6 Å². The van der Waals surface area contributed by atoms with Crippen LogP contribution in [-0.2, 0) is 15.1 Å². The Morgan fingerprint density at radius 3 is 2.42 bits per heavy atom. The first-order valence-corrected chi connectivity index (χ1v) is 20.1. The van der Waals surface area contributed by atoms with Crippen LogP contribution in [0.25, 0.3) is 16.4 Å². The summed E-state index contributed by atoms with van der Waals surface area (Å²) in [7, 11) is 0. The lowest BCUT2D eigenvalue weighted by atomic mass is 9.95. The van der Waals surface area contributed by atoms with Gasteiger partial charge in [-0.25, -0.2) is 13.3 Å². The first kappa shape index (κ1) is 42.7. The van der Waals surface area contributed by atoms with Crippen LogP contribution in [0.5, 0.6) is 0 Å². The Morgan fingerprint density at radius 2 is 1.76 bits per heavy atom. The van der Waals surface area contributed by atoms with Crippen LogP contribution in [0.15, 0.2) is 73.2 Å². The molecule has 8 rings (SSSR count). The highest BCUT2D eigenvalue weighted by molar-refractivity contribution is 6.05. The summed E-state index contributed by atoms with van der Waals surface area (Å²) in [5.41, 5.74) is 3.38. The second kappa shape index (κ2) is 19.7. The number of aliphatic hydroxyl groups is 1. The van der Waals surface area contributed by atoms with E-state index < -0.39 is 17.2 Å². The summed E-state index contributed by atoms with van der Waals surface area (Å²) in [4.78, 5) is 23.7. The van der Waals surface area contributed by atoms with Gasteiger partial charge in [0.15, 0.2) is 0 Å². The molecule has 4 N–H and O–H groups in total. The topological polar surface area (TPSA) is 159 Å². The van der Waals surface area contributed by atoms with E-state index in [0.717, 1.165) is 74.3 Å². The molecule has 0 spiro atoms. The number of nitriles is 1. The summed E-state index contributed by atoms with van der Waals surface area (Å²) in [6.45, 7) is 9.25. The monoisotopic (exact) mass is 804 g/mol. The van der Waals surface area contributed by atoms with Crippen LogP contribution in [0, 0.1) is 34.8 Å². The number of fused-ring (bicyclic) bond motifs is 2. The zero-order valence-electron chi connectivity index (χ0n) is 33.5. The number of rotatable bonds is 6. The van der Waals surface area contributed by atoms with Gasteiger partial charge in [0.05, 0.1) is 40.5 Å². The molecule has 308 valence electrons. The first-order chi connectivity index (χ1) is 28.4. The third kappa shape index (κ3) is 11.8. The number of amides is 2. The molecule has 1 saturated carbocycles. The van der Waals surface area contributed by atoms with Crippen molar-refractivity contribution in [1.82, 2.24) is 30.0 Å². The Bertz CT molecular complexity index is 2370. The van der Waals surface area contributed by atoms with Gasteiger partial charge in [-0.3, -0.25) is 14.3 Å². The van der Waals surface area contributed by atoms with E-state index in [2.05, 4.69) is 45.5 Å². The number of piperidine rings is 2. The van der Waals surface area contributed by atoms with Crippen LogP contribution in [0.4, 0.5) is 14.5 Å². The summed E-state index contributed by atoms with van der Waals surface area (Å²) >= 11 is 0. The summed E-state index contributed by atoms with van der Waals surface area (Å²) in [6.07, 6.45) is 14.2. The maximum absolute atomic E-state index is 13.2. The molecule has 5 aromatic rings. The number of hydrogen-bond acceptors (Lipinski definition) is 8. The summed E-state index contributed by atoms with van der Waals surface area (Å²) < 4.78 is 34.9. The van der Waals surface area contributed by atoms with Gasteiger partial charge in [0.1, 0.15) is 30.0 Å². The van der Waals surface area contributed by atoms with E-state index in [0.29, 0.717) is 52.7 Å². The van der Waals surface area contributed by atoms with Crippen molar-refractivity contribution in [3.05, 3.63) is 107 Å². The number of nitrogens with zero attached hydrogens (tertiary/aromatic N) is 5. The molecule has 5 heterocycles. The number of aromatic nitrogens is 4. The molecule has 2 saturated heterocycles. The van der Waals surface area contributed by atoms with Gasteiger partial charge >= 0.3 is 0 Å². The smallest absolute Gasteiger partial charge is 0.274 e. The summed E-state index contributed by atoms with van der Waals surface area (Å²) in [5, 5.41) is 38.7. The highest BCUT2D eigenvalue weighted by atomic mass is 19.1. The lowest BCUT2D eigenvalue weighted by molar-refractivity contribution is -0.121. The normalized spacial score (nSPS) is 16.1. The van der Waals surface area contributed by atoms with E-state index in [-0.39, 0.29) is 17.9 Å². The molecule has 3 aromatic heterocycles. The number of hydrogen-bond donors (Lipinski definition) is 4. The fraction of sp³-hybridized carbons (Fsp3) is 0.400. The molecule has 2 aliphatic heterocycles. The van der Waals surface area contributed by atoms with E-state index in [1.165, 1.54) is 42.1 Å². The number of carbonyl (C=O) groups is 2. The Morgan fingerprint density at radius 1 is 1.02 bits per heavy atom. The van der Waals surface area contributed by atoms with E-state index in [1.54, 1.807) is 32.0 Å². The summed E-state index contributed by atoms with van der Waals surface area (Å²) in [6, 6.07) is 14.5. The van der Waals surface area contributed by atoms with Crippen LogP contribution in [-0.4, -0.2) is 62.1 Å². The average molecular weight is 805 g/mol. The maximum atomic E-state index is 13.2. The Kier molecular flexibility index (Phi) is 14.2. The van der Waals surface area contributed by atoms with Gasteiger partial charge in [-0.1, -0.05) is 37.7 Å². The van der Waals surface area contributed by atoms with E-state index in [1.807, 2.05) is 23.0 Å². The van der Waals surface area contributed by atoms with Gasteiger partial charge in [-0.2, -0.15) is 15.5 Å². The Hall–Kier alpha value is -5.93. The van der Waals surface area contributed by atoms with Crippen LogP contribution >= 0.6 is 0 Å². The lowest BCUT2D eigenvalue weighted by Gasteiger charge is -2.22. The molecule has 0 bridgehead atoms. The minimum absolute atomic E-state index is 0.112. The van der Waals surface area contributed by atoms with Crippen LogP contribution in [0.1, 0.15) is 111 Å². The van der Waals surface area contributed by atoms with Crippen molar-refractivity contribution >= 4 is 33.9 Å². The van der Waals surface area contributed by atoms with E-state index in [4.69, 9.17) is 15.1 Å². The fourth-order valence-corrected chi connectivity index (χ4v) is 7.32. The van der Waals surface area contributed by atoms with Gasteiger partial charge in [-0.15, -0.1) is 0 Å². The summed E-state index contributed by atoms with van der Waals surface area (Å²) in [5.74, 6) is 4.01. The number of nitrogens with one attached hydrogen (secondary N) is 3. The second-order valence-electron chi connectivity index (χ2n) is 15.5. The number of anilines is 1. The van der Waals surface area contributed by atoms with Crippen molar-refractivity contribution in [2.24, 2.45) is 0 Å². The molecule has 14 heteroatoms. The molecule has 59 heavy (non-hydrogen) atoms. The number of benzene rings is 2. The van der Waals surface area contributed by atoms with Crippen molar-refractivity contribution in [3.8, 4) is 17.9 Å². The molecular formula is C45H50F2N8O4. The first-order valence-electron chi connectivity index (χ1n) is 20.1. The molecule has 1 aliphatic carbocycles. The molecule has 0 unspecified atom stereocenters. The maximum Gasteiger partial charge on any atom is 0.274 e. The average Bonchev–Trinajstić information content (AvgIpc) is 3.84. The predicted molar refractivity (Wildman–Crippen MR) is 221 cm³/mol. The van der Waals surface area contributed by atoms with Crippen LogP contribution in [0.3, 0.4) is 0 Å². The predicted octanol–water partition coefficient (Wildman–Crippen LogP) is 7.43. The highest BCUT2D eigenvalue weighted by Crippen LogP contribution is 2.34. The number of allylic oxidation sites excluding steroid dienone is 1. The number of ether oxygens (including phenoxy) is 1. The Balaban J connectivity index is 0.000000187. The molecular weight excluding hydrogens is 755 g/mol. The van der Waals surface area contributed by atoms with Crippen molar-refractivity contribution < 1.29 is 28.2 Å². The third-order valence-corrected chi connectivity index (χ3v) is 10.4. The molecule has 12 nitrogen and oxygen atoms in total. The SMILES string of the molecule is C=C1CCCC(=O)N1.CC(C)(O)c1cc2nn(C3CCCCC3)cc2cc1NC(=O)c1ccc2cc(C#N)cnn12.Fc1cc(F)cc(C#CCOC2CCNCC2)c1. The lowest BCUT2D eigenvalue weighted by Crippen LogP contribution is -2.32. The number of carbonyl (C=O) groups excluding carboxylic acids is 2. The molecule has 0 atom stereocenters. The zero-order valence-corrected chi connectivity index (χ0v) is 33.5. The molecule has 3 aliphatic rings. The standard InChI is InChI=1S/C25H26N6O2.C14H15F2NO.C6H9NO/c1-25(2,33)20-12-21-17(15-30(29-21)18-6-4-3-5-7-18)11-22(20)28-24(32)23-9-8-19-10-16(13-26)14-27-31(19)23;15-12-8-11(9-13(16)10-12)2-1-7-18-14-3-5-17-6-4-14;1-5-3-2-4-6(8)7-5/h8-12,14-15,18,33H,3-7H2,1-2H3,(H,28,32);8-10,14,17H,3-7H2;1-4H2,(H,7,8). The van der Waals surface area contributed by atoms with Gasteiger partial charge < -0.3 is 25.8 Å². The van der Waals surface area contributed by atoms with Gasteiger partial charge in [-0.05, 0) is 108 Å². The van der Waals surface area contributed by atoms with Gasteiger partial charge in [0.2, 0.25) is 5.91 Å². The van der Waals surface area contributed by atoms with Gasteiger partial charge in [0.25, 0.3) is 5.91 Å². The molecule has 0 radical (unpaired) electrons. The quantitative estimate of drug-likeness (QED) is 0.129. The Labute approximate surface area is 342 Å². The molecule has 3 fully saturated rings. The molecule has 2 aromatic carbocycles. The van der Waals surface area contributed by atoms with Crippen molar-refractivity contribution in [3.63, 3.8) is 0 Å². The minimum atomic E-state index is -1.17. The largest absolute Gasteiger partial charge is 0.386 e. The second-order valence-corrected chi connectivity index (χ2v) is 15.5. The number of halogens is 2. The van der Waals surface area contributed by atoms with Crippen molar-refractivity contribution in [2.45, 2.75) is 95.8 Å². The minimum Gasteiger partial charge on any atom is -0.386 e. The zero-order chi connectivity index (χ0) is 41.9. The van der Waals surface area contributed by atoms with E-state index >= 15 is 0 Å². The third-order valence-electron chi connectivity index (χ3n) is 10.4. The van der Waals surface area contributed by atoms with Crippen LogP contribution in [0.2, 0.25) is 0 Å². The van der Waals surface area contributed by atoms with Crippen molar-refractivity contribution in [1.29, 1.82) is 5.26 Å². The van der Waals surface area contributed by atoms with Crippen molar-refractivity contribution in [2.75, 3.05) is 25.0 Å². The highest BCUT2D eigenvalue weighted by Gasteiger charge is 2.25. The van der Waals surface area contributed by atoms with E-state index in [9.17, 15) is 23.5 Å². The fourth-order valence-electron chi connectivity index (χ4n) is 7.32. The van der Waals surface area contributed by atoms with Crippen LogP contribution < -0.4 is 16.0 Å². The molecule has 2 amide bonds.